The molecule has 0 spiro atoms. The topological polar surface area (TPSA) is 21.3 Å². The Bertz CT molecular complexity index is 314. The van der Waals surface area contributed by atoms with E-state index in [1.165, 1.54) is 6.07 Å². The van der Waals surface area contributed by atoms with Crippen molar-refractivity contribution >= 4 is 5.69 Å². The minimum atomic E-state index is -0.237. The quantitative estimate of drug-likeness (QED) is 0.807. The molecule has 84 valence electrons. The smallest absolute Gasteiger partial charge is 0.146 e. The van der Waals surface area contributed by atoms with Crippen LogP contribution in [0.15, 0.2) is 18.2 Å². The highest BCUT2D eigenvalue weighted by Crippen LogP contribution is 2.21. The number of benzene rings is 1. The van der Waals surface area contributed by atoms with E-state index in [4.69, 9.17) is 4.74 Å². The molecule has 1 atom stereocenters. The maximum atomic E-state index is 13.3. The molecule has 1 N–H and O–H groups in total. The zero-order valence-corrected chi connectivity index (χ0v) is 9.51. The van der Waals surface area contributed by atoms with E-state index in [-0.39, 0.29) is 5.82 Å². The largest absolute Gasteiger partial charge is 0.497 e. The molecule has 15 heavy (non-hydrogen) atoms. The highest BCUT2D eigenvalue weighted by Gasteiger charge is 2.05. The van der Waals surface area contributed by atoms with Crippen molar-refractivity contribution in [1.29, 1.82) is 0 Å². The predicted octanol–water partition coefficient (Wildman–Crippen LogP) is 3.29. The molecule has 0 saturated carbocycles. The lowest BCUT2D eigenvalue weighted by Gasteiger charge is -2.12. The van der Waals surface area contributed by atoms with E-state index >= 15 is 0 Å². The molecule has 0 saturated heterocycles. The Kier molecular flexibility index (Phi) is 4.40. The van der Waals surface area contributed by atoms with Gasteiger partial charge in [-0.1, -0.05) is 20.3 Å². The van der Waals surface area contributed by atoms with Gasteiger partial charge in [0.05, 0.1) is 12.8 Å². The first-order chi connectivity index (χ1) is 7.17. The average molecular weight is 211 g/mol. The summed E-state index contributed by atoms with van der Waals surface area (Å²) >= 11 is 0. The molecule has 0 fully saturated rings. The van der Waals surface area contributed by atoms with Crippen molar-refractivity contribution < 1.29 is 9.13 Å². The summed E-state index contributed by atoms with van der Waals surface area (Å²) in [6.07, 6.45) is 1.08. The maximum absolute atomic E-state index is 13.3. The van der Waals surface area contributed by atoms with Gasteiger partial charge in [-0.3, -0.25) is 0 Å². The van der Waals surface area contributed by atoms with Gasteiger partial charge in [-0.05, 0) is 18.1 Å². The summed E-state index contributed by atoms with van der Waals surface area (Å²) in [6, 6.07) is 4.71. The number of nitrogens with one attached hydrogen (secondary N) is 1. The predicted molar refractivity (Wildman–Crippen MR) is 60.9 cm³/mol. The van der Waals surface area contributed by atoms with Gasteiger partial charge in [0.2, 0.25) is 0 Å². The normalized spacial score (nSPS) is 12.3. The first kappa shape index (κ1) is 11.8. The SMILES string of the molecule is CCC(C)CNc1cc(OC)ccc1F. The molecule has 0 aliphatic carbocycles. The maximum Gasteiger partial charge on any atom is 0.146 e. The summed E-state index contributed by atoms with van der Waals surface area (Å²) in [5.74, 6) is 0.970. The van der Waals surface area contributed by atoms with Crippen molar-refractivity contribution in [3.8, 4) is 5.75 Å². The average Bonchev–Trinajstić information content (AvgIpc) is 2.27. The number of hydrogen-bond donors (Lipinski definition) is 1. The zero-order chi connectivity index (χ0) is 11.3. The van der Waals surface area contributed by atoms with Crippen LogP contribution in [0.5, 0.6) is 5.75 Å². The standard InChI is InChI=1S/C12H18FNO/c1-4-9(2)8-14-12-7-10(15-3)5-6-11(12)13/h5-7,9,14H,4,8H2,1-3H3. The van der Waals surface area contributed by atoms with Crippen molar-refractivity contribution in [2.24, 2.45) is 5.92 Å². The van der Waals surface area contributed by atoms with E-state index < -0.39 is 0 Å². The Balaban J connectivity index is 2.66. The third-order valence-corrected chi connectivity index (χ3v) is 2.51. The Morgan fingerprint density at radius 2 is 2.20 bits per heavy atom. The van der Waals surface area contributed by atoms with Gasteiger partial charge in [-0.15, -0.1) is 0 Å². The summed E-state index contributed by atoms with van der Waals surface area (Å²) in [5.41, 5.74) is 0.509. The first-order valence-corrected chi connectivity index (χ1v) is 5.24. The summed E-state index contributed by atoms with van der Waals surface area (Å²) < 4.78 is 18.4. The Labute approximate surface area is 90.4 Å². The lowest BCUT2D eigenvalue weighted by molar-refractivity contribution is 0.414. The molecule has 2 nitrogen and oxygen atoms in total. The van der Waals surface area contributed by atoms with E-state index in [2.05, 4.69) is 19.2 Å². The Hall–Kier alpha value is -1.25. The van der Waals surface area contributed by atoms with Crippen LogP contribution in [0, 0.1) is 11.7 Å². The fourth-order valence-electron chi connectivity index (χ4n) is 1.20. The van der Waals surface area contributed by atoms with Gasteiger partial charge >= 0.3 is 0 Å². The third kappa shape index (κ3) is 3.42. The summed E-state index contributed by atoms with van der Waals surface area (Å²) in [7, 11) is 1.58. The fourth-order valence-corrected chi connectivity index (χ4v) is 1.20. The lowest BCUT2D eigenvalue weighted by Crippen LogP contribution is -2.11. The Morgan fingerprint density at radius 3 is 2.80 bits per heavy atom. The first-order valence-electron chi connectivity index (χ1n) is 5.24. The number of anilines is 1. The van der Waals surface area contributed by atoms with Crippen molar-refractivity contribution in [3.05, 3.63) is 24.0 Å². The van der Waals surface area contributed by atoms with Gasteiger partial charge in [0, 0.05) is 12.6 Å². The number of hydrogen-bond acceptors (Lipinski definition) is 2. The molecule has 0 radical (unpaired) electrons. The van der Waals surface area contributed by atoms with Crippen LogP contribution in [0.3, 0.4) is 0 Å². The summed E-state index contributed by atoms with van der Waals surface area (Å²) in [4.78, 5) is 0. The number of halogens is 1. The van der Waals surface area contributed by atoms with Crippen molar-refractivity contribution in [2.45, 2.75) is 20.3 Å². The second kappa shape index (κ2) is 5.59. The van der Waals surface area contributed by atoms with Gasteiger partial charge in [0.1, 0.15) is 11.6 Å². The zero-order valence-electron chi connectivity index (χ0n) is 9.51. The summed E-state index contributed by atoms with van der Waals surface area (Å²) in [6.45, 7) is 5.03. The molecule has 0 heterocycles. The lowest BCUT2D eigenvalue weighted by atomic mass is 10.1. The molecular weight excluding hydrogens is 193 g/mol. The molecule has 3 heteroatoms. The molecule has 0 aliphatic heterocycles. The molecule has 0 aliphatic rings. The van der Waals surface area contributed by atoms with E-state index in [0.717, 1.165) is 13.0 Å². The van der Waals surface area contributed by atoms with Gasteiger partial charge in [-0.25, -0.2) is 4.39 Å². The second-order valence-corrected chi connectivity index (χ2v) is 3.74. The Morgan fingerprint density at radius 1 is 1.47 bits per heavy atom. The van der Waals surface area contributed by atoms with Crippen LogP contribution >= 0.6 is 0 Å². The molecule has 0 aromatic heterocycles. The monoisotopic (exact) mass is 211 g/mol. The molecular formula is C12H18FNO. The van der Waals surface area contributed by atoms with Crippen LogP contribution in [0.4, 0.5) is 10.1 Å². The molecule has 1 aromatic carbocycles. The third-order valence-electron chi connectivity index (χ3n) is 2.51. The van der Waals surface area contributed by atoms with E-state index in [9.17, 15) is 4.39 Å². The van der Waals surface area contributed by atoms with Crippen LogP contribution in [0.1, 0.15) is 20.3 Å². The minimum Gasteiger partial charge on any atom is -0.497 e. The molecule has 1 rings (SSSR count). The van der Waals surface area contributed by atoms with Gasteiger partial charge in [0.25, 0.3) is 0 Å². The van der Waals surface area contributed by atoms with E-state index in [1.807, 2.05) is 0 Å². The van der Waals surface area contributed by atoms with Crippen LogP contribution in [0.2, 0.25) is 0 Å². The van der Waals surface area contributed by atoms with Gasteiger partial charge in [0.15, 0.2) is 0 Å². The van der Waals surface area contributed by atoms with Crippen LogP contribution < -0.4 is 10.1 Å². The molecule has 0 amide bonds. The van der Waals surface area contributed by atoms with Crippen molar-refractivity contribution in [2.75, 3.05) is 19.0 Å². The molecule has 1 aromatic rings. The van der Waals surface area contributed by atoms with Crippen LogP contribution in [-0.2, 0) is 0 Å². The summed E-state index contributed by atoms with van der Waals surface area (Å²) in [5, 5.41) is 3.08. The van der Waals surface area contributed by atoms with Crippen LogP contribution in [0.25, 0.3) is 0 Å². The van der Waals surface area contributed by atoms with Crippen LogP contribution in [-0.4, -0.2) is 13.7 Å². The number of rotatable bonds is 5. The van der Waals surface area contributed by atoms with E-state index in [1.54, 1.807) is 19.2 Å². The van der Waals surface area contributed by atoms with Gasteiger partial charge in [-0.2, -0.15) is 0 Å². The highest BCUT2D eigenvalue weighted by atomic mass is 19.1. The molecule has 0 bridgehead atoms. The van der Waals surface area contributed by atoms with Gasteiger partial charge < -0.3 is 10.1 Å². The minimum absolute atomic E-state index is 0.237. The van der Waals surface area contributed by atoms with Crippen molar-refractivity contribution in [3.63, 3.8) is 0 Å². The second-order valence-electron chi connectivity index (χ2n) is 3.74. The van der Waals surface area contributed by atoms with E-state index in [0.29, 0.717) is 17.4 Å². The fraction of sp³-hybridized carbons (Fsp3) is 0.500. The molecule has 1 unspecified atom stereocenters. The number of ether oxygens (including phenoxy) is 1. The number of methoxy groups -OCH3 is 1. The van der Waals surface area contributed by atoms with Crippen molar-refractivity contribution in [1.82, 2.24) is 0 Å². The highest BCUT2D eigenvalue weighted by molar-refractivity contribution is 5.49.